The summed E-state index contributed by atoms with van der Waals surface area (Å²) in [6.07, 6.45) is 62.5. The molecule has 0 aromatic heterocycles. The second-order valence-corrected chi connectivity index (χ2v) is 21.0. The van der Waals surface area contributed by atoms with Gasteiger partial charge in [0.15, 0.2) is 6.10 Å². The van der Waals surface area contributed by atoms with Crippen molar-refractivity contribution in [2.24, 2.45) is 5.73 Å². The number of phosphoric acid groups is 1. The Kier molecular flexibility index (Phi) is 52.6. The number of carbonyl (C=O) groups is 2. The van der Waals surface area contributed by atoms with Gasteiger partial charge in [-0.3, -0.25) is 18.6 Å². The van der Waals surface area contributed by atoms with Crippen molar-refractivity contribution < 1.29 is 37.6 Å². The van der Waals surface area contributed by atoms with Crippen LogP contribution >= 0.6 is 7.82 Å². The number of allylic oxidation sites excluding steroid dienone is 4. The van der Waals surface area contributed by atoms with Crippen LogP contribution in [0.1, 0.15) is 296 Å². The van der Waals surface area contributed by atoms with Crippen LogP contribution < -0.4 is 5.73 Å². The highest BCUT2D eigenvalue weighted by Crippen LogP contribution is 2.43. The summed E-state index contributed by atoms with van der Waals surface area (Å²) < 4.78 is 33.0. The molecule has 0 saturated carbocycles. The third kappa shape index (κ3) is 53.7. The van der Waals surface area contributed by atoms with Crippen molar-refractivity contribution >= 4 is 19.8 Å². The van der Waals surface area contributed by atoms with Gasteiger partial charge in [0, 0.05) is 19.4 Å². The summed E-state index contributed by atoms with van der Waals surface area (Å²) in [4.78, 5) is 35.1. The molecule has 2 unspecified atom stereocenters. The SMILES string of the molecule is CCCCCCC/C=C\C/C=C\CCCCCCCCCCCCCCCCCCCCCCCC(=O)OC(COC(=O)CCCCCCCCCCCCCCC)COP(=O)(O)OCCN. The van der Waals surface area contributed by atoms with Crippen LogP contribution in [0, 0.1) is 0 Å². The van der Waals surface area contributed by atoms with Gasteiger partial charge in [0.05, 0.1) is 13.2 Å². The van der Waals surface area contributed by atoms with Crippen molar-refractivity contribution in [2.75, 3.05) is 26.4 Å². The van der Waals surface area contributed by atoms with E-state index in [2.05, 4.69) is 38.2 Å². The second-order valence-electron chi connectivity index (χ2n) is 19.5. The molecular formula is C57H110NO8P. The summed E-state index contributed by atoms with van der Waals surface area (Å²) in [5.41, 5.74) is 5.37. The first kappa shape index (κ1) is 65.5. The van der Waals surface area contributed by atoms with E-state index in [4.69, 9.17) is 24.3 Å². The Morgan fingerprint density at radius 3 is 1.13 bits per heavy atom. The average molecular weight is 968 g/mol. The molecule has 2 atom stereocenters. The van der Waals surface area contributed by atoms with E-state index < -0.39 is 26.5 Å². The fourth-order valence-electron chi connectivity index (χ4n) is 8.55. The molecule has 0 aliphatic rings. The van der Waals surface area contributed by atoms with Crippen LogP contribution in [0.4, 0.5) is 0 Å². The van der Waals surface area contributed by atoms with E-state index in [-0.39, 0.29) is 38.6 Å². The molecule has 0 radical (unpaired) electrons. The molecule has 0 heterocycles. The van der Waals surface area contributed by atoms with E-state index >= 15 is 0 Å². The molecular weight excluding hydrogens is 858 g/mol. The highest BCUT2D eigenvalue weighted by Gasteiger charge is 2.26. The lowest BCUT2D eigenvalue weighted by molar-refractivity contribution is -0.161. The number of hydrogen-bond acceptors (Lipinski definition) is 8. The van der Waals surface area contributed by atoms with E-state index in [0.29, 0.717) is 6.42 Å². The molecule has 0 bridgehead atoms. The van der Waals surface area contributed by atoms with Gasteiger partial charge in [0.1, 0.15) is 6.61 Å². The molecule has 9 nitrogen and oxygen atoms in total. The zero-order valence-electron chi connectivity index (χ0n) is 44.2. The van der Waals surface area contributed by atoms with E-state index in [1.165, 1.54) is 225 Å². The molecule has 0 aromatic rings. The number of carbonyl (C=O) groups excluding carboxylic acids is 2. The van der Waals surface area contributed by atoms with Crippen molar-refractivity contribution in [3.8, 4) is 0 Å². The summed E-state index contributed by atoms with van der Waals surface area (Å²) >= 11 is 0. The Morgan fingerprint density at radius 2 is 0.776 bits per heavy atom. The maximum absolute atomic E-state index is 12.7. The molecule has 3 N–H and O–H groups in total. The summed E-state index contributed by atoms with van der Waals surface area (Å²) in [6.45, 7) is 3.77. The number of rotatable bonds is 55. The molecule has 10 heteroatoms. The number of esters is 2. The first-order valence-corrected chi connectivity index (χ1v) is 30.3. The van der Waals surface area contributed by atoms with Gasteiger partial charge >= 0.3 is 19.8 Å². The van der Waals surface area contributed by atoms with Crippen molar-refractivity contribution in [3.63, 3.8) is 0 Å². The van der Waals surface area contributed by atoms with Crippen LogP contribution in [0.25, 0.3) is 0 Å². The Morgan fingerprint density at radius 1 is 0.448 bits per heavy atom. The van der Waals surface area contributed by atoms with Crippen LogP contribution in [0.5, 0.6) is 0 Å². The fraction of sp³-hybridized carbons (Fsp3) is 0.895. The largest absolute Gasteiger partial charge is 0.472 e. The molecule has 0 aliphatic heterocycles. The number of ether oxygens (including phenoxy) is 2. The zero-order valence-corrected chi connectivity index (χ0v) is 45.1. The molecule has 0 amide bonds. The third-order valence-electron chi connectivity index (χ3n) is 12.8. The van der Waals surface area contributed by atoms with Gasteiger partial charge in [-0.15, -0.1) is 0 Å². The summed E-state index contributed by atoms with van der Waals surface area (Å²) in [5.74, 6) is -0.811. The highest BCUT2D eigenvalue weighted by molar-refractivity contribution is 7.47. The summed E-state index contributed by atoms with van der Waals surface area (Å²) in [5, 5.41) is 0. The van der Waals surface area contributed by atoms with Gasteiger partial charge in [0.25, 0.3) is 0 Å². The minimum absolute atomic E-state index is 0.0568. The lowest BCUT2D eigenvalue weighted by Gasteiger charge is -2.19. The molecule has 396 valence electrons. The fourth-order valence-corrected chi connectivity index (χ4v) is 9.32. The van der Waals surface area contributed by atoms with Gasteiger partial charge in [-0.2, -0.15) is 0 Å². The molecule has 0 rings (SSSR count). The number of nitrogens with two attached hydrogens (primary N) is 1. The molecule has 0 spiro atoms. The summed E-state index contributed by atoms with van der Waals surface area (Å²) in [6, 6.07) is 0. The van der Waals surface area contributed by atoms with Gasteiger partial charge < -0.3 is 20.1 Å². The second kappa shape index (κ2) is 53.8. The third-order valence-corrected chi connectivity index (χ3v) is 13.8. The van der Waals surface area contributed by atoms with Crippen LogP contribution in [0.3, 0.4) is 0 Å². The Labute approximate surface area is 414 Å². The molecule has 67 heavy (non-hydrogen) atoms. The van der Waals surface area contributed by atoms with Gasteiger partial charge in [-0.25, -0.2) is 4.57 Å². The number of hydrogen-bond donors (Lipinski definition) is 2. The molecule has 0 fully saturated rings. The lowest BCUT2D eigenvalue weighted by Crippen LogP contribution is -2.29. The molecule has 0 saturated heterocycles. The minimum Gasteiger partial charge on any atom is -0.462 e. The number of unbranched alkanes of at least 4 members (excludes halogenated alkanes) is 38. The van der Waals surface area contributed by atoms with Crippen molar-refractivity contribution in [1.29, 1.82) is 0 Å². The molecule has 0 aliphatic carbocycles. The predicted octanol–water partition coefficient (Wildman–Crippen LogP) is 17.9. The number of phosphoric ester groups is 1. The van der Waals surface area contributed by atoms with E-state index in [1.54, 1.807) is 0 Å². The Bertz CT molecular complexity index is 1150. The van der Waals surface area contributed by atoms with Crippen LogP contribution in [0.2, 0.25) is 0 Å². The highest BCUT2D eigenvalue weighted by atomic mass is 31.2. The standard InChI is InChI=1S/C57H110NO8P/c1-3-5-7-9-11-13-15-17-18-19-20-21-22-23-24-25-26-27-28-29-30-31-32-33-34-35-36-38-40-42-44-46-48-50-57(60)66-55(54-65-67(61,62)64-52-51-58)53-63-56(59)49-47-45-43-41-39-37-16-14-12-10-8-6-4-2/h15,17,19-20,55H,3-14,16,18,21-54,58H2,1-2H3,(H,61,62)/b17-15-,20-19-. The van der Waals surface area contributed by atoms with Gasteiger partial charge in [-0.05, 0) is 44.9 Å². The van der Waals surface area contributed by atoms with E-state index in [1.807, 2.05) is 0 Å². The molecule has 0 aromatic carbocycles. The predicted molar refractivity (Wildman–Crippen MR) is 284 cm³/mol. The smallest absolute Gasteiger partial charge is 0.462 e. The minimum atomic E-state index is -4.38. The van der Waals surface area contributed by atoms with Crippen molar-refractivity contribution in [2.45, 2.75) is 302 Å². The lowest BCUT2D eigenvalue weighted by atomic mass is 10.0. The average Bonchev–Trinajstić information content (AvgIpc) is 3.32. The normalized spacial score (nSPS) is 13.2. The maximum Gasteiger partial charge on any atom is 0.472 e. The maximum atomic E-state index is 12.7. The monoisotopic (exact) mass is 968 g/mol. The quantitative estimate of drug-likeness (QED) is 0.0264. The summed E-state index contributed by atoms with van der Waals surface area (Å²) in [7, 11) is -4.38. The van der Waals surface area contributed by atoms with Crippen LogP contribution in [0.15, 0.2) is 24.3 Å². The first-order chi connectivity index (χ1) is 32.8. The van der Waals surface area contributed by atoms with E-state index in [9.17, 15) is 19.0 Å². The zero-order chi connectivity index (χ0) is 48.8. The van der Waals surface area contributed by atoms with Crippen LogP contribution in [-0.2, 0) is 32.7 Å². The Balaban J connectivity index is 3.81. The van der Waals surface area contributed by atoms with Crippen molar-refractivity contribution in [1.82, 2.24) is 0 Å². The first-order valence-electron chi connectivity index (χ1n) is 28.8. The van der Waals surface area contributed by atoms with Crippen LogP contribution in [-0.4, -0.2) is 49.3 Å². The topological polar surface area (TPSA) is 134 Å². The Hall–Kier alpha value is -1.51. The van der Waals surface area contributed by atoms with Gasteiger partial charge in [-0.1, -0.05) is 263 Å². The van der Waals surface area contributed by atoms with Gasteiger partial charge in [0.2, 0.25) is 0 Å². The van der Waals surface area contributed by atoms with Crippen molar-refractivity contribution in [3.05, 3.63) is 24.3 Å². The van der Waals surface area contributed by atoms with E-state index in [0.717, 1.165) is 38.5 Å².